The van der Waals surface area contributed by atoms with E-state index in [-0.39, 0.29) is 23.9 Å². The summed E-state index contributed by atoms with van der Waals surface area (Å²) in [5.41, 5.74) is 9.81. The van der Waals surface area contributed by atoms with E-state index >= 15 is 0 Å². The molecule has 1 aliphatic heterocycles. The van der Waals surface area contributed by atoms with Crippen molar-refractivity contribution >= 4 is 39.0 Å². The summed E-state index contributed by atoms with van der Waals surface area (Å²) in [7, 11) is 1.35. The highest BCUT2D eigenvalue weighted by Gasteiger charge is 2.43. The van der Waals surface area contributed by atoms with Crippen molar-refractivity contribution < 1.29 is 19.1 Å². The molecule has 1 fully saturated rings. The number of thiophene rings is 1. The number of carbonyl (C=O) groups is 2. The summed E-state index contributed by atoms with van der Waals surface area (Å²) >= 11 is 1.32. The topological polar surface area (TPSA) is 88.7 Å². The van der Waals surface area contributed by atoms with Crippen LogP contribution in [-0.2, 0) is 16.0 Å². The van der Waals surface area contributed by atoms with Gasteiger partial charge < -0.3 is 14.8 Å². The van der Waals surface area contributed by atoms with Crippen molar-refractivity contribution in [3.05, 3.63) is 58.5 Å². The quantitative estimate of drug-likeness (QED) is 0.512. The van der Waals surface area contributed by atoms with Gasteiger partial charge in [0, 0.05) is 21.7 Å². The van der Waals surface area contributed by atoms with Crippen molar-refractivity contribution in [1.82, 2.24) is 10.9 Å². The minimum atomic E-state index is -0.426. The second-order valence-electron chi connectivity index (χ2n) is 8.03. The number of anilines is 1. The van der Waals surface area contributed by atoms with Gasteiger partial charge in [-0.15, -0.1) is 11.3 Å². The number of hydrazine groups is 1. The molecular weight excluding hydrogens is 426 g/mol. The first-order valence-electron chi connectivity index (χ1n) is 10.8. The van der Waals surface area contributed by atoms with Gasteiger partial charge in [0.15, 0.2) is 10.6 Å². The first kappa shape index (κ1) is 20.9. The molecule has 0 bridgehead atoms. The van der Waals surface area contributed by atoms with Crippen molar-refractivity contribution in [2.75, 3.05) is 19.0 Å². The van der Waals surface area contributed by atoms with Gasteiger partial charge in [0.05, 0.1) is 19.8 Å². The van der Waals surface area contributed by atoms with Crippen LogP contribution in [0.15, 0.2) is 42.5 Å². The van der Waals surface area contributed by atoms with Gasteiger partial charge >= 0.3 is 5.97 Å². The molecule has 32 heavy (non-hydrogen) atoms. The molecule has 7 nitrogen and oxygen atoms in total. The molecule has 2 heterocycles. The van der Waals surface area contributed by atoms with Gasteiger partial charge in [0.1, 0.15) is 6.04 Å². The summed E-state index contributed by atoms with van der Waals surface area (Å²) in [6, 6.07) is 13.8. The molecule has 5 rings (SSSR count). The number of ether oxygens (including phenoxy) is 2. The van der Waals surface area contributed by atoms with Crippen molar-refractivity contribution in [2.45, 2.75) is 31.8 Å². The van der Waals surface area contributed by atoms with Gasteiger partial charge in [-0.1, -0.05) is 24.3 Å². The SMILES string of the molecule is CCOc1c(C(=O)OC)sc2ccc(NC(=O)C3NNC4c5ccccc5CCC34)cc12. The van der Waals surface area contributed by atoms with Crippen molar-refractivity contribution in [1.29, 1.82) is 0 Å². The molecular formula is C24H25N3O4S. The molecule has 2 aromatic carbocycles. The lowest BCUT2D eigenvalue weighted by Gasteiger charge is -2.29. The van der Waals surface area contributed by atoms with E-state index < -0.39 is 5.97 Å². The normalized spacial score (nSPS) is 21.6. The Balaban J connectivity index is 1.38. The molecule has 1 amide bonds. The summed E-state index contributed by atoms with van der Waals surface area (Å²) in [4.78, 5) is 25.8. The van der Waals surface area contributed by atoms with Crippen LogP contribution >= 0.6 is 11.3 Å². The number of hydrogen-bond donors (Lipinski definition) is 3. The highest BCUT2D eigenvalue weighted by Crippen LogP contribution is 2.41. The second kappa shape index (κ2) is 8.54. The fraction of sp³-hybridized carbons (Fsp3) is 0.333. The highest BCUT2D eigenvalue weighted by atomic mass is 32.1. The van der Waals surface area contributed by atoms with Gasteiger partial charge in [0.2, 0.25) is 5.91 Å². The number of rotatable bonds is 5. The van der Waals surface area contributed by atoms with Crippen LogP contribution in [0.1, 0.15) is 40.2 Å². The summed E-state index contributed by atoms with van der Waals surface area (Å²) < 4.78 is 11.5. The maximum atomic E-state index is 13.2. The van der Waals surface area contributed by atoms with Crippen molar-refractivity contribution in [2.24, 2.45) is 5.92 Å². The number of aryl methyl sites for hydroxylation is 1. The fourth-order valence-corrected chi connectivity index (χ4v) is 5.81. The third-order valence-corrected chi connectivity index (χ3v) is 7.37. The summed E-state index contributed by atoms with van der Waals surface area (Å²) in [5, 5.41) is 3.84. The zero-order valence-corrected chi connectivity index (χ0v) is 18.8. The summed E-state index contributed by atoms with van der Waals surface area (Å²) in [6.45, 7) is 2.29. The van der Waals surface area contributed by atoms with Gasteiger partial charge in [0.25, 0.3) is 0 Å². The summed E-state index contributed by atoms with van der Waals surface area (Å²) in [6.07, 6.45) is 1.92. The van der Waals surface area contributed by atoms with Gasteiger partial charge in [-0.25, -0.2) is 15.6 Å². The molecule has 0 saturated carbocycles. The highest BCUT2D eigenvalue weighted by molar-refractivity contribution is 7.21. The third kappa shape index (κ3) is 3.54. The zero-order valence-electron chi connectivity index (χ0n) is 17.9. The van der Waals surface area contributed by atoms with Crippen LogP contribution < -0.4 is 20.9 Å². The Morgan fingerprint density at radius 1 is 1.19 bits per heavy atom. The Morgan fingerprint density at radius 2 is 2.03 bits per heavy atom. The fourth-order valence-electron chi connectivity index (χ4n) is 4.76. The van der Waals surface area contributed by atoms with Gasteiger partial charge in [-0.2, -0.15) is 0 Å². The lowest BCUT2D eigenvalue weighted by molar-refractivity contribution is -0.118. The molecule has 3 atom stereocenters. The molecule has 2 aliphatic rings. The van der Waals surface area contributed by atoms with E-state index in [1.54, 1.807) is 0 Å². The predicted octanol–water partition coefficient (Wildman–Crippen LogP) is 3.81. The maximum Gasteiger partial charge on any atom is 0.351 e. The smallest absolute Gasteiger partial charge is 0.351 e. The Bertz CT molecular complexity index is 1190. The van der Waals surface area contributed by atoms with Crippen molar-refractivity contribution in [3.63, 3.8) is 0 Å². The van der Waals surface area contributed by atoms with Crippen LogP contribution in [0.25, 0.3) is 10.1 Å². The predicted molar refractivity (Wildman–Crippen MR) is 124 cm³/mol. The number of amides is 1. The van der Waals surface area contributed by atoms with Crippen LogP contribution in [0.2, 0.25) is 0 Å². The van der Waals surface area contributed by atoms with E-state index in [0.29, 0.717) is 22.9 Å². The standard InChI is InChI=1S/C24H25N3O4S/c1-3-31-21-17-12-14(9-11-18(17)32-22(21)24(29)30-2)25-23(28)20-16-10-8-13-6-4-5-7-15(13)19(16)26-27-20/h4-7,9,11-12,16,19-20,26-27H,3,8,10H2,1-2H3,(H,25,28). The molecule has 166 valence electrons. The molecule has 3 N–H and O–H groups in total. The minimum Gasteiger partial charge on any atom is -0.491 e. The van der Waals surface area contributed by atoms with Crippen LogP contribution in [0, 0.1) is 5.92 Å². The molecule has 1 saturated heterocycles. The number of esters is 1. The average molecular weight is 452 g/mol. The first-order chi connectivity index (χ1) is 15.6. The molecule has 0 spiro atoms. The van der Waals surface area contributed by atoms with E-state index in [9.17, 15) is 9.59 Å². The molecule has 1 aliphatic carbocycles. The van der Waals surface area contributed by atoms with Crippen LogP contribution in [0.4, 0.5) is 5.69 Å². The Hall–Kier alpha value is -2.94. The molecule has 3 unspecified atom stereocenters. The molecule has 0 radical (unpaired) electrons. The van der Waals surface area contributed by atoms with Gasteiger partial charge in [-0.05, 0) is 49.1 Å². The number of carbonyl (C=O) groups excluding carboxylic acids is 2. The summed E-state index contributed by atoms with van der Waals surface area (Å²) in [5.74, 6) is 0.176. The van der Waals surface area contributed by atoms with Gasteiger partial charge in [-0.3, -0.25) is 4.79 Å². The first-order valence-corrected chi connectivity index (χ1v) is 11.6. The van der Waals surface area contributed by atoms with E-state index in [4.69, 9.17) is 9.47 Å². The van der Waals surface area contributed by atoms with Crippen molar-refractivity contribution in [3.8, 4) is 5.75 Å². The minimum absolute atomic E-state index is 0.0786. The average Bonchev–Trinajstić information content (AvgIpc) is 3.41. The number of fused-ring (bicyclic) bond motifs is 4. The zero-order chi connectivity index (χ0) is 22.2. The van der Waals surface area contributed by atoms with Crippen LogP contribution in [0.3, 0.4) is 0 Å². The maximum absolute atomic E-state index is 13.2. The van der Waals surface area contributed by atoms with E-state index in [2.05, 4.69) is 34.4 Å². The largest absolute Gasteiger partial charge is 0.491 e. The monoisotopic (exact) mass is 451 g/mol. The lowest BCUT2D eigenvalue weighted by Crippen LogP contribution is -2.42. The Kier molecular flexibility index (Phi) is 5.58. The Labute approximate surface area is 190 Å². The number of hydrogen-bond acceptors (Lipinski definition) is 7. The van der Waals surface area contributed by atoms with Crippen LogP contribution in [-0.4, -0.2) is 31.6 Å². The number of methoxy groups -OCH3 is 1. The molecule has 8 heteroatoms. The van der Waals surface area contributed by atoms with E-state index in [1.807, 2.05) is 31.2 Å². The van der Waals surface area contributed by atoms with E-state index in [0.717, 1.165) is 22.9 Å². The number of nitrogens with one attached hydrogen (secondary N) is 3. The van der Waals surface area contributed by atoms with E-state index in [1.165, 1.54) is 29.6 Å². The lowest BCUT2D eigenvalue weighted by atomic mass is 9.77. The second-order valence-corrected chi connectivity index (χ2v) is 9.08. The third-order valence-electron chi connectivity index (χ3n) is 6.24. The molecule has 3 aromatic rings. The Morgan fingerprint density at radius 3 is 2.84 bits per heavy atom. The van der Waals surface area contributed by atoms with Crippen LogP contribution in [0.5, 0.6) is 5.75 Å². The molecule has 1 aromatic heterocycles. The number of benzene rings is 2.